The summed E-state index contributed by atoms with van der Waals surface area (Å²) in [6.45, 7) is -2.36. The third-order valence-corrected chi connectivity index (χ3v) is 4.44. The summed E-state index contributed by atoms with van der Waals surface area (Å²) >= 11 is 0. The number of carbonyl (C=O) groups is 2. The average Bonchev–Trinajstić information content (AvgIpc) is 2.79. The Hall–Kier alpha value is -3.82. The number of carbonyl (C=O) groups excluding carboxylic acids is 2. The van der Waals surface area contributed by atoms with Crippen LogP contribution in [-0.4, -0.2) is 50.4 Å². The standard InChI is InChI=1S/C22H19F3N2O5/c1-30-18-8-7-13(9-19(18)31-2)17-10-15(14-5-3-4-6-16(14)27-17)21(29)32-11-20(28)26-12-22(23,24)25/h3-10H,11-12H2,1-2H3,(H,26,28). The molecule has 0 saturated heterocycles. The number of rotatable bonds is 7. The molecule has 0 bridgehead atoms. The van der Waals surface area contributed by atoms with Crippen molar-refractivity contribution in [1.29, 1.82) is 0 Å². The smallest absolute Gasteiger partial charge is 0.405 e. The molecular formula is C22H19F3N2O5. The molecule has 0 atom stereocenters. The van der Waals surface area contributed by atoms with Crippen molar-refractivity contribution in [3.8, 4) is 22.8 Å². The molecule has 2 aromatic carbocycles. The second-order valence-corrected chi connectivity index (χ2v) is 6.61. The highest BCUT2D eigenvalue weighted by Crippen LogP contribution is 2.33. The van der Waals surface area contributed by atoms with E-state index in [0.717, 1.165) is 0 Å². The number of fused-ring (bicyclic) bond motifs is 1. The van der Waals surface area contributed by atoms with E-state index < -0.39 is 31.2 Å². The lowest BCUT2D eigenvalue weighted by atomic mass is 10.0. The zero-order valence-corrected chi connectivity index (χ0v) is 17.2. The van der Waals surface area contributed by atoms with Crippen LogP contribution in [0.2, 0.25) is 0 Å². The summed E-state index contributed by atoms with van der Waals surface area (Å²) in [6.07, 6.45) is -4.56. The molecule has 0 radical (unpaired) electrons. The van der Waals surface area contributed by atoms with Crippen LogP contribution in [0.15, 0.2) is 48.5 Å². The van der Waals surface area contributed by atoms with Crippen molar-refractivity contribution in [2.75, 3.05) is 27.4 Å². The van der Waals surface area contributed by atoms with E-state index in [1.807, 2.05) is 0 Å². The van der Waals surface area contributed by atoms with Gasteiger partial charge in [-0.3, -0.25) is 4.79 Å². The van der Waals surface area contributed by atoms with Crippen LogP contribution in [0, 0.1) is 0 Å². The van der Waals surface area contributed by atoms with Crippen molar-refractivity contribution >= 4 is 22.8 Å². The first kappa shape index (κ1) is 22.9. The molecule has 0 fully saturated rings. The zero-order chi connectivity index (χ0) is 23.3. The fourth-order valence-electron chi connectivity index (χ4n) is 2.95. The number of esters is 1. The number of alkyl halides is 3. The average molecular weight is 448 g/mol. The SMILES string of the molecule is COc1ccc(-c2cc(C(=O)OCC(=O)NCC(F)(F)F)c3ccccc3n2)cc1OC. The van der Waals surface area contributed by atoms with E-state index in [1.165, 1.54) is 20.3 Å². The Labute approximate surface area is 181 Å². The summed E-state index contributed by atoms with van der Waals surface area (Å²) < 4.78 is 52.1. The molecule has 10 heteroatoms. The van der Waals surface area contributed by atoms with Gasteiger partial charge in [0, 0.05) is 10.9 Å². The molecule has 0 aliphatic rings. The predicted octanol–water partition coefficient (Wildman–Crippen LogP) is 3.75. The Bertz CT molecular complexity index is 1150. The predicted molar refractivity (Wildman–Crippen MR) is 110 cm³/mol. The third kappa shape index (κ3) is 5.45. The number of methoxy groups -OCH3 is 2. The fraction of sp³-hybridized carbons (Fsp3) is 0.227. The zero-order valence-electron chi connectivity index (χ0n) is 17.2. The van der Waals surface area contributed by atoms with E-state index in [9.17, 15) is 22.8 Å². The summed E-state index contributed by atoms with van der Waals surface area (Å²) in [5, 5.41) is 2.12. The Morgan fingerprint density at radius 1 is 1.00 bits per heavy atom. The highest BCUT2D eigenvalue weighted by molar-refractivity contribution is 6.05. The van der Waals surface area contributed by atoms with Crippen molar-refractivity contribution in [3.05, 3.63) is 54.1 Å². The number of hydrogen-bond donors (Lipinski definition) is 1. The quantitative estimate of drug-likeness (QED) is 0.554. The lowest BCUT2D eigenvalue weighted by Crippen LogP contribution is -2.36. The van der Waals surface area contributed by atoms with E-state index in [1.54, 1.807) is 47.8 Å². The summed E-state index contributed by atoms with van der Waals surface area (Å²) in [6, 6.07) is 13.4. The number of amides is 1. The fourth-order valence-corrected chi connectivity index (χ4v) is 2.95. The maximum Gasteiger partial charge on any atom is 0.405 e. The van der Waals surface area contributed by atoms with Crippen LogP contribution in [0.1, 0.15) is 10.4 Å². The van der Waals surface area contributed by atoms with Crippen LogP contribution in [0.3, 0.4) is 0 Å². The first-order chi connectivity index (χ1) is 15.2. The van der Waals surface area contributed by atoms with Gasteiger partial charge in [0.25, 0.3) is 5.91 Å². The van der Waals surface area contributed by atoms with Gasteiger partial charge in [0.2, 0.25) is 0 Å². The Balaban J connectivity index is 1.90. The van der Waals surface area contributed by atoms with Crippen LogP contribution < -0.4 is 14.8 Å². The van der Waals surface area contributed by atoms with Gasteiger partial charge in [-0.2, -0.15) is 13.2 Å². The Kier molecular flexibility index (Phi) is 6.82. The van der Waals surface area contributed by atoms with Crippen molar-refractivity contribution in [2.24, 2.45) is 0 Å². The molecule has 0 aliphatic carbocycles. The van der Waals surface area contributed by atoms with Gasteiger partial charge in [-0.1, -0.05) is 18.2 Å². The van der Waals surface area contributed by atoms with Crippen LogP contribution in [0.5, 0.6) is 11.5 Å². The molecule has 1 N–H and O–H groups in total. The number of para-hydroxylation sites is 1. The molecule has 3 rings (SSSR count). The summed E-state index contributed by atoms with van der Waals surface area (Å²) in [4.78, 5) is 28.8. The van der Waals surface area contributed by atoms with Gasteiger partial charge in [0.05, 0.1) is 31.0 Å². The normalized spacial score (nSPS) is 11.2. The molecule has 1 amide bonds. The largest absolute Gasteiger partial charge is 0.493 e. The number of benzene rings is 2. The maximum atomic E-state index is 12.7. The van der Waals surface area contributed by atoms with Crippen LogP contribution in [-0.2, 0) is 9.53 Å². The minimum atomic E-state index is -4.56. The van der Waals surface area contributed by atoms with Gasteiger partial charge in [-0.15, -0.1) is 0 Å². The van der Waals surface area contributed by atoms with Gasteiger partial charge < -0.3 is 19.5 Å². The number of ether oxygens (including phenoxy) is 3. The van der Waals surface area contributed by atoms with Gasteiger partial charge in [-0.25, -0.2) is 9.78 Å². The molecule has 0 saturated carbocycles. The second kappa shape index (κ2) is 9.54. The minimum Gasteiger partial charge on any atom is -0.493 e. The van der Waals surface area contributed by atoms with Crippen molar-refractivity contribution in [3.63, 3.8) is 0 Å². The molecule has 0 spiro atoms. The number of nitrogens with one attached hydrogen (secondary N) is 1. The van der Waals surface area contributed by atoms with Crippen LogP contribution >= 0.6 is 0 Å². The molecule has 0 unspecified atom stereocenters. The molecule has 7 nitrogen and oxygen atoms in total. The van der Waals surface area contributed by atoms with E-state index >= 15 is 0 Å². The molecule has 168 valence electrons. The molecule has 3 aromatic rings. The number of hydrogen-bond acceptors (Lipinski definition) is 6. The first-order valence-corrected chi connectivity index (χ1v) is 9.34. The summed E-state index contributed by atoms with van der Waals surface area (Å²) in [5.41, 5.74) is 1.67. The highest BCUT2D eigenvalue weighted by atomic mass is 19.4. The van der Waals surface area contributed by atoms with Crippen LogP contribution in [0.4, 0.5) is 13.2 Å². The Morgan fingerprint density at radius 2 is 1.72 bits per heavy atom. The van der Waals surface area contributed by atoms with Crippen molar-refractivity contribution < 1.29 is 37.0 Å². The van der Waals surface area contributed by atoms with Crippen molar-refractivity contribution in [1.82, 2.24) is 10.3 Å². The third-order valence-electron chi connectivity index (χ3n) is 4.44. The lowest BCUT2D eigenvalue weighted by molar-refractivity contribution is -0.140. The van der Waals surface area contributed by atoms with E-state index in [0.29, 0.717) is 33.7 Å². The van der Waals surface area contributed by atoms with E-state index in [2.05, 4.69) is 4.98 Å². The monoisotopic (exact) mass is 448 g/mol. The topological polar surface area (TPSA) is 86.8 Å². The molecular weight excluding hydrogens is 429 g/mol. The second-order valence-electron chi connectivity index (χ2n) is 6.61. The maximum absolute atomic E-state index is 12.7. The van der Waals surface area contributed by atoms with Crippen molar-refractivity contribution in [2.45, 2.75) is 6.18 Å². The van der Waals surface area contributed by atoms with Gasteiger partial charge in [0.1, 0.15) is 6.54 Å². The molecule has 1 heterocycles. The number of pyridine rings is 1. The lowest BCUT2D eigenvalue weighted by Gasteiger charge is -2.12. The number of aromatic nitrogens is 1. The van der Waals surface area contributed by atoms with Gasteiger partial charge >= 0.3 is 12.1 Å². The Morgan fingerprint density at radius 3 is 2.41 bits per heavy atom. The highest BCUT2D eigenvalue weighted by Gasteiger charge is 2.28. The first-order valence-electron chi connectivity index (χ1n) is 9.34. The molecule has 32 heavy (non-hydrogen) atoms. The summed E-state index contributed by atoms with van der Waals surface area (Å²) in [7, 11) is 2.99. The summed E-state index contributed by atoms with van der Waals surface area (Å²) in [5.74, 6) is -0.950. The number of halogens is 3. The molecule has 1 aromatic heterocycles. The number of nitrogens with zero attached hydrogens (tertiary/aromatic N) is 1. The van der Waals surface area contributed by atoms with E-state index in [-0.39, 0.29) is 5.56 Å². The van der Waals surface area contributed by atoms with E-state index in [4.69, 9.17) is 14.2 Å². The van der Waals surface area contributed by atoms with Gasteiger partial charge in [-0.05, 0) is 30.3 Å². The molecule has 0 aliphatic heterocycles. The minimum absolute atomic E-state index is 0.115. The van der Waals surface area contributed by atoms with Gasteiger partial charge in [0.15, 0.2) is 18.1 Å². The van der Waals surface area contributed by atoms with Crippen LogP contribution in [0.25, 0.3) is 22.2 Å².